The Hall–Kier alpha value is -2.27. The van der Waals surface area contributed by atoms with Gasteiger partial charge in [0.2, 0.25) is 0 Å². The van der Waals surface area contributed by atoms with Gasteiger partial charge in [0.25, 0.3) is 0 Å². The third-order valence-electron chi connectivity index (χ3n) is 5.32. The van der Waals surface area contributed by atoms with Gasteiger partial charge in [0.1, 0.15) is 11.6 Å². The molecule has 1 aliphatic heterocycles. The second-order valence-corrected chi connectivity index (χ2v) is 7.05. The minimum atomic E-state index is 0.509. The summed E-state index contributed by atoms with van der Waals surface area (Å²) in [6.45, 7) is 2.73. The van der Waals surface area contributed by atoms with Crippen LogP contribution in [0.3, 0.4) is 0 Å². The Bertz CT molecular complexity index is 750. The minimum absolute atomic E-state index is 0.509. The molecule has 3 heterocycles. The molecule has 2 N–H and O–H groups in total. The molecular weight excluding hydrogens is 310 g/mol. The predicted octanol–water partition coefficient (Wildman–Crippen LogP) is 3.40. The van der Waals surface area contributed by atoms with E-state index in [1.54, 1.807) is 0 Å². The van der Waals surface area contributed by atoms with E-state index < -0.39 is 0 Å². The van der Waals surface area contributed by atoms with Crippen LogP contribution in [0.2, 0.25) is 0 Å². The fourth-order valence-corrected chi connectivity index (χ4v) is 3.82. The first kappa shape index (κ1) is 16.2. The molecule has 0 aromatic carbocycles. The summed E-state index contributed by atoms with van der Waals surface area (Å²) in [5, 5.41) is 0. The topological polar surface area (TPSA) is 67.9 Å². The summed E-state index contributed by atoms with van der Waals surface area (Å²) >= 11 is 0. The maximum Gasteiger partial charge on any atom is 0.133 e. The highest BCUT2D eigenvalue weighted by Crippen LogP contribution is 2.32. The molecule has 5 heteroatoms. The second kappa shape index (κ2) is 7.31. The monoisotopic (exact) mass is 335 g/mol. The van der Waals surface area contributed by atoms with Crippen LogP contribution in [-0.4, -0.2) is 32.9 Å². The van der Waals surface area contributed by atoms with Crippen LogP contribution < -0.4 is 5.73 Å². The average molecular weight is 335 g/mol. The molecule has 2 aromatic rings. The van der Waals surface area contributed by atoms with Crippen LogP contribution in [-0.2, 0) is 6.54 Å². The zero-order valence-electron chi connectivity index (χ0n) is 14.6. The van der Waals surface area contributed by atoms with Crippen LogP contribution in [0.15, 0.2) is 36.7 Å². The van der Waals surface area contributed by atoms with Gasteiger partial charge in [0, 0.05) is 43.5 Å². The zero-order valence-corrected chi connectivity index (χ0v) is 14.6. The largest absolute Gasteiger partial charge is 0.383 e. The quantitative estimate of drug-likeness (QED) is 0.927. The summed E-state index contributed by atoms with van der Waals surface area (Å²) in [7, 11) is 0. The van der Waals surface area contributed by atoms with Gasteiger partial charge in [-0.3, -0.25) is 9.88 Å². The van der Waals surface area contributed by atoms with E-state index >= 15 is 0 Å². The number of nitrogens with two attached hydrogens (primary N) is 1. The molecule has 2 aromatic heterocycles. The van der Waals surface area contributed by atoms with Gasteiger partial charge in [0.05, 0.1) is 5.69 Å². The summed E-state index contributed by atoms with van der Waals surface area (Å²) in [5.41, 5.74) is 9.68. The molecule has 2 aliphatic rings. The fraction of sp³-hybridized carbons (Fsp3) is 0.450. The maximum atomic E-state index is 6.22. The molecule has 1 fully saturated rings. The van der Waals surface area contributed by atoms with E-state index in [-0.39, 0.29) is 0 Å². The molecule has 0 spiro atoms. The molecule has 0 saturated heterocycles. The fourth-order valence-electron chi connectivity index (χ4n) is 3.82. The van der Waals surface area contributed by atoms with Gasteiger partial charge in [0.15, 0.2) is 0 Å². The number of aromatic nitrogens is 3. The number of nitrogen functional groups attached to an aromatic ring is 1. The summed E-state index contributed by atoms with van der Waals surface area (Å²) in [6, 6.07) is 6.08. The van der Waals surface area contributed by atoms with Gasteiger partial charge in [-0.25, -0.2) is 9.97 Å². The number of hydrogen-bond acceptors (Lipinski definition) is 5. The van der Waals surface area contributed by atoms with Gasteiger partial charge >= 0.3 is 0 Å². The third-order valence-corrected chi connectivity index (χ3v) is 5.32. The molecule has 130 valence electrons. The lowest BCUT2D eigenvalue weighted by Crippen LogP contribution is -2.28. The van der Waals surface area contributed by atoms with Crippen LogP contribution in [0.5, 0.6) is 0 Å². The Morgan fingerprint density at radius 1 is 1.16 bits per heavy atom. The van der Waals surface area contributed by atoms with Crippen LogP contribution >= 0.6 is 0 Å². The van der Waals surface area contributed by atoms with E-state index in [9.17, 15) is 0 Å². The number of hydrogen-bond donors (Lipinski definition) is 1. The normalized spacial score (nSPS) is 19.1. The highest BCUT2D eigenvalue weighted by Gasteiger charge is 2.21. The summed E-state index contributed by atoms with van der Waals surface area (Å²) in [6.07, 6.45) is 12.1. The SMILES string of the molecule is Nc1nc(C2CCCC2)ncc1CN1CC=C(c2ccccn2)CC1. The Balaban J connectivity index is 1.40. The van der Waals surface area contributed by atoms with Gasteiger partial charge in [-0.15, -0.1) is 0 Å². The first-order valence-electron chi connectivity index (χ1n) is 9.23. The molecule has 0 atom stereocenters. The van der Waals surface area contributed by atoms with Crippen molar-refractivity contribution in [1.29, 1.82) is 0 Å². The molecule has 1 aliphatic carbocycles. The number of anilines is 1. The van der Waals surface area contributed by atoms with Crippen molar-refractivity contribution in [2.24, 2.45) is 0 Å². The summed E-state index contributed by atoms with van der Waals surface area (Å²) < 4.78 is 0. The van der Waals surface area contributed by atoms with Crippen molar-refractivity contribution in [3.05, 3.63) is 53.8 Å². The van der Waals surface area contributed by atoms with E-state index in [1.165, 1.54) is 31.3 Å². The molecule has 5 nitrogen and oxygen atoms in total. The van der Waals surface area contributed by atoms with Crippen molar-refractivity contribution in [1.82, 2.24) is 19.9 Å². The van der Waals surface area contributed by atoms with Crippen molar-refractivity contribution >= 4 is 11.4 Å². The second-order valence-electron chi connectivity index (χ2n) is 7.05. The van der Waals surface area contributed by atoms with Crippen molar-refractivity contribution in [3.63, 3.8) is 0 Å². The third kappa shape index (κ3) is 3.71. The van der Waals surface area contributed by atoms with Gasteiger partial charge in [-0.1, -0.05) is 25.0 Å². The molecule has 25 heavy (non-hydrogen) atoms. The lowest BCUT2D eigenvalue weighted by Gasteiger charge is -2.26. The maximum absolute atomic E-state index is 6.22. The average Bonchev–Trinajstić information content (AvgIpc) is 3.19. The van der Waals surface area contributed by atoms with Crippen molar-refractivity contribution in [3.8, 4) is 0 Å². The van der Waals surface area contributed by atoms with Gasteiger partial charge in [-0.05, 0) is 37.0 Å². The van der Waals surface area contributed by atoms with Crippen molar-refractivity contribution in [2.75, 3.05) is 18.8 Å². The highest BCUT2D eigenvalue weighted by atomic mass is 15.1. The minimum Gasteiger partial charge on any atom is -0.383 e. The smallest absolute Gasteiger partial charge is 0.133 e. The first-order chi connectivity index (χ1) is 12.3. The van der Waals surface area contributed by atoms with E-state index in [2.05, 4.69) is 32.0 Å². The lowest BCUT2D eigenvalue weighted by molar-refractivity contribution is 0.293. The van der Waals surface area contributed by atoms with E-state index in [4.69, 9.17) is 5.73 Å². The van der Waals surface area contributed by atoms with E-state index in [0.29, 0.717) is 11.7 Å². The Morgan fingerprint density at radius 2 is 2.04 bits per heavy atom. The number of rotatable bonds is 4. The zero-order chi connectivity index (χ0) is 17.1. The molecule has 0 radical (unpaired) electrons. The molecule has 0 unspecified atom stereocenters. The van der Waals surface area contributed by atoms with Crippen LogP contribution in [0.4, 0.5) is 5.82 Å². The van der Waals surface area contributed by atoms with E-state index in [1.807, 2.05) is 24.5 Å². The lowest BCUT2D eigenvalue weighted by atomic mass is 10.0. The molecule has 4 rings (SSSR count). The van der Waals surface area contributed by atoms with Crippen LogP contribution in [0.1, 0.15) is 55.1 Å². The highest BCUT2D eigenvalue weighted by molar-refractivity contribution is 5.63. The summed E-state index contributed by atoms with van der Waals surface area (Å²) in [4.78, 5) is 16.0. The molecule has 0 bridgehead atoms. The van der Waals surface area contributed by atoms with Crippen LogP contribution in [0, 0.1) is 0 Å². The number of nitrogens with zero attached hydrogens (tertiary/aromatic N) is 4. The number of pyridine rings is 1. The first-order valence-corrected chi connectivity index (χ1v) is 9.23. The molecular formula is C20H25N5. The van der Waals surface area contributed by atoms with Crippen molar-refractivity contribution in [2.45, 2.75) is 44.6 Å². The Morgan fingerprint density at radius 3 is 2.72 bits per heavy atom. The van der Waals surface area contributed by atoms with E-state index in [0.717, 1.165) is 43.1 Å². The summed E-state index contributed by atoms with van der Waals surface area (Å²) in [5.74, 6) is 2.10. The van der Waals surface area contributed by atoms with Crippen LogP contribution in [0.25, 0.3) is 5.57 Å². The predicted molar refractivity (Wildman–Crippen MR) is 99.8 cm³/mol. The Kier molecular flexibility index (Phi) is 4.74. The Labute approximate surface area is 149 Å². The van der Waals surface area contributed by atoms with Crippen molar-refractivity contribution < 1.29 is 0 Å². The van der Waals surface area contributed by atoms with Gasteiger partial charge in [-0.2, -0.15) is 0 Å². The van der Waals surface area contributed by atoms with Gasteiger partial charge < -0.3 is 5.73 Å². The molecule has 1 saturated carbocycles. The standard InChI is InChI=1S/C20H25N5/c21-19-17(13-23-20(24-19)16-5-1-2-6-16)14-25-11-8-15(9-12-25)18-7-3-4-10-22-18/h3-4,7-8,10,13,16H,1-2,5-6,9,11-12,14H2,(H2,21,23,24). The molecule has 0 amide bonds.